The van der Waals surface area contributed by atoms with Crippen molar-refractivity contribution < 1.29 is 5.11 Å². The fourth-order valence-electron chi connectivity index (χ4n) is 2.09. The number of phenolic OH excluding ortho intramolecular Hbond substituents is 1. The zero-order valence-corrected chi connectivity index (χ0v) is 10.9. The minimum Gasteiger partial charge on any atom is -0.508 e. The summed E-state index contributed by atoms with van der Waals surface area (Å²) < 4.78 is 2.22. The number of nitrogens with one attached hydrogen (secondary N) is 1. The Bertz CT molecular complexity index is 505. The molecule has 0 bridgehead atoms. The number of aromatic hydroxyl groups is 1. The highest BCUT2D eigenvalue weighted by molar-refractivity contribution is 5.29. The molecule has 3 nitrogen and oxygen atoms in total. The van der Waals surface area contributed by atoms with E-state index in [4.69, 9.17) is 0 Å². The average Bonchev–Trinajstić information content (AvgIpc) is 2.83. The molecule has 1 heterocycles. The van der Waals surface area contributed by atoms with Gasteiger partial charge in [0.25, 0.3) is 0 Å². The Morgan fingerprint density at radius 1 is 1.28 bits per heavy atom. The van der Waals surface area contributed by atoms with Gasteiger partial charge in [0.2, 0.25) is 0 Å². The zero-order chi connectivity index (χ0) is 13.0. The van der Waals surface area contributed by atoms with E-state index in [0.29, 0.717) is 5.75 Å². The van der Waals surface area contributed by atoms with E-state index in [-0.39, 0.29) is 6.04 Å². The van der Waals surface area contributed by atoms with Crippen LogP contribution in [0.5, 0.6) is 5.75 Å². The van der Waals surface area contributed by atoms with Crippen molar-refractivity contribution in [2.45, 2.75) is 33.0 Å². The van der Waals surface area contributed by atoms with Crippen LogP contribution in [0.1, 0.15) is 31.1 Å². The topological polar surface area (TPSA) is 37.2 Å². The van der Waals surface area contributed by atoms with Crippen LogP contribution in [-0.2, 0) is 13.1 Å². The molecule has 2 aromatic rings. The molecule has 3 heteroatoms. The lowest BCUT2D eigenvalue weighted by atomic mass is 10.1. The van der Waals surface area contributed by atoms with Gasteiger partial charge >= 0.3 is 0 Å². The molecular formula is C15H20N2O. The molecule has 96 valence electrons. The highest BCUT2D eigenvalue weighted by Gasteiger charge is 2.06. The predicted octanol–water partition coefficient (Wildman–Crippen LogP) is 3.06. The van der Waals surface area contributed by atoms with Crippen LogP contribution in [0.15, 0.2) is 42.6 Å². The van der Waals surface area contributed by atoms with Crippen LogP contribution in [0.4, 0.5) is 0 Å². The number of nitrogens with zero attached hydrogens (tertiary/aromatic N) is 1. The maximum Gasteiger partial charge on any atom is 0.115 e. The van der Waals surface area contributed by atoms with Crippen LogP contribution in [0.2, 0.25) is 0 Å². The van der Waals surface area contributed by atoms with Gasteiger partial charge in [-0.3, -0.25) is 0 Å². The summed E-state index contributed by atoms with van der Waals surface area (Å²) in [5, 5.41) is 12.9. The van der Waals surface area contributed by atoms with Crippen molar-refractivity contribution in [3.8, 4) is 5.75 Å². The highest BCUT2D eigenvalue weighted by Crippen LogP contribution is 2.18. The van der Waals surface area contributed by atoms with Crippen LogP contribution in [0.25, 0.3) is 0 Å². The molecule has 0 aliphatic carbocycles. The second-order valence-corrected chi connectivity index (χ2v) is 4.48. The molecule has 1 aromatic heterocycles. The minimum absolute atomic E-state index is 0.220. The second kappa shape index (κ2) is 5.74. The fourth-order valence-corrected chi connectivity index (χ4v) is 2.09. The van der Waals surface area contributed by atoms with E-state index in [1.165, 1.54) is 5.69 Å². The lowest BCUT2D eigenvalue weighted by Gasteiger charge is -2.15. The van der Waals surface area contributed by atoms with Crippen LogP contribution in [-0.4, -0.2) is 9.67 Å². The van der Waals surface area contributed by atoms with E-state index >= 15 is 0 Å². The summed E-state index contributed by atoms with van der Waals surface area (Å²) in [6.07, 6.45) is 2.09. The SMILES string of the molecule is CCn1cccc1CNC(C)c1cccc(O)c1. The standard InChI is InChI=1S/C15H20N2O/c1-3-17-9-5-7-14(17)11-16-12(2)13-6-4-8-15(18)10-13/h4-10,12,16,18H,3,11H2,1-2H3. The van der Waals surface area contributed by atoms with Crippen molar-refractivity contribution in [1.82, 2.24) is 9.88 Å². The maximum absolute atomic E-state index is 9.46. The summed E-state index contributed by atoms with van der Waals surface area (Å²) in [7, 11) is 0. The van der Waals surface area contributed by atoms with E-state index in [9.17, 15) is 5.11 Å². The largest absolute Gasteiger partial charge is 0.508 e. The molecular weight excluding hydrogens is 224 g/mol. The smallest absolute Gasteiger partial charge is 0.115 e. The number of rotatable bonds is 5. The Hall–Kier alpha value is -1.74. The number of hydrogen-bond acceptors (Lipinski definition) is 2. The molecule has 0 fully saturated rings. The summed E-state index contributed by atoms with van der Waals surface area (Å²) in [6.45, 7) is 6.07. The fraction of sp³-hybridized carbons (Fsp3) is 0.333. The van der Waals surface area contributed by atoms with Crippen molar-refractivity contribution >= 4 is 0 Å². The molecule has 2 N–H and O–H groups in total. The lowest BCUT2D eigenvalue weighted by molar-refractivity contribution is 0.471. The number of hydrogen-bond donors (Lipinski definition) is 2. The minimum atomic E-state index is 0.220. The Morgan fingerprint density at radius 2 is 2.11 bits per heavy atom. The maximum atomic E-state index is 9.46. The summed E-state index contributed by atoms with van der Waals surface area (Å²) >= 11 is 0. The first-order valence-electron chi connectivity index (χ1n) is 6.37. The monoisotopic (exact) mass is 244 g/mol. The van der Waals surface area contributed by atoms with E-state index in [0.717, 1.165) is 18.7 Å². The average molecular weight is 244 g/mol. The van der Waals surface area contributed by atoms with Gasteiger partial charge in [-0.25, -0.2) is 0 Å². The first-order valence-corrected chi connectivity index (χ1v) is 6.37. The first-order chi connectivity index (χ1) is 8.70. The van der Waals surface area contributed by atoms with Crippen LogP contribution in [0.3, 0.4) is 0 Å². The molecule has 1 atom stereocenters. The number of aromatic nitrogens is 1. The summed E-state index contributed by atoms with van der Waals surface area (Å²) in [5.41, 5.74) is 2.38. The molecule has 0 amide bonds. The molecule has 0 aliphatic rings. The Labute approximate surface area is 108 Å². The van der Waals surface area contributed by atoms with Gasteiger partial charge in [0.15, 0.2) is 0 Å². The van der Waals surface area contributed by atoms with Gasteiger partial charge < -0.3 is 15.0 Å². The van der Waals surface area contributed by atoms with E-state index in [1.54, 1.807) is 12.1 Å². The number of phenols is 1. The molecule has 2 rings (SSSR count). The summed E-state index contributed by atoms with van der Waals surface area (Å²) in [4.78, 5) is 0. The quantitative estimate of drug-likeness (QED) is 0.848. The first kappa shape index (κ1) is 12.7. The molecule has 0 spiro atoms. The van der Waals surface area contributed by atoms with Crippen LogP contribution in [0, 0.1) is 0 Å². The van der Waals surface area contributed by atoms with Crippen LogP contribution < -0.4 is 5.32 Å². The molecule has 0 radical (unpaired) electrons. The van der Waals surface area contributed by atoms with E-state index < -0.39 is 0 Å². The Kier molecular flexibility index (Phi) is 4.05. The van der Waals surface area contributed by atoms with Gasteiger partial charge in [0.05, 0.1) is 0 Å². The van der Waals surface area contributed by atoms with Gasteiger partial charge in [-0.1, -0.05) is 12.1 Å². The third-order valence-corrected chi connectivity index (χ3v) is 3.22. The van der Waals surface area contributed by atoms with Crippen LogP contribution >= 0.6 is 0 Å². The van der Waals surface area contributed by atoms with Gasteiger partial charge in [-0.15, -0.1) is 0 Å². The van der Waals surface area contributed by atoms with Crippen molar-refractivity contribution in [1.29, 1.82) is 0 Å². The number of aryl methyl sites for hydroxylation is 1. The van der Waals surface area contributed by atoms with Gasteiger partial charge in [-0.2, -0.15) is 0 Å². The van der Waals surface area contributed by atoms with Crippen molar-refractivity contribution in [3.63, 3.8) is 0 Å². The van der Waals surface area contributed by atoms with Gasteiger partial charge in [0, 0.05) is 31.0 Å². The molecule has 1 unspecified atom stereocenters. The third-order valence-electron chi connectivity index (χ3n) is 3.22. The Morgan fingerprint density at radius 3 is 2.83 bits per heavy atom. The summed E-state index contributed by atoms with van der Waals surface area (Å²) in [6, 6.07) is 11.8. The molecule has 1 aromatic carbocycles. The van der Waals surface area contributed by atoms with Crippen molar-refractivity contribution in [3.05, 3.63) is 53.9 Å². The predicted molar refractivity (Wildman–Crippen MR) is 73.5 cm³/mol. The second-order valence-electron chi connectivity index (χ2n) is 4.48. The summed E-state index contributed by atoms with van der Waals surface area (Å²) in [5.74, 6) is 0.318. The lowest BCUT2D eigenvalue weighted by Crippen LogP contribution is -2.19. The normalized spacial score (nSPS) is 12.6. The van der Waals surface area contributed by atoms with Gasteiger partial charge in [0.1, 0.15) is 5.75 Å². The third kappa shape index (κ3) is 2.93. The molecule has 0 aliphatic heterocycles. The van der Waals surface area contributed by atoms with Gasteiger partial charge in [-0.05, 0) is 43.7 Å². The Balaban J connectivity index is 1.98. The zero-order valence-electron chi connectivity index (χ0n) is 10.9. The molecule has 18 heavy (non-hydrogen) atoms. The van der Waals surface area contributed by atoms with Crippen molar-refractivity contribution in [2.24, 2.45) is 0 Å². The molecule has 0 saturated heterocycles. The molecule has 0 saturated carbocycles. The van der Waals surface area contributed by atoms with E-state index in [2.05, 4.69) is 42.1 Å². The van der Waals surface area contributed by atoms with E-state index in [1.807, 2.05) is 12.1 Å². The highest BCUT2D eigenvalue weighted by atomic mass is 16.3. The van der Waals surface area contributed by atoms with Crippen molar-refractivity contribution in [2.75, 3.05) is 0 Å². The number of benzene rings is 1.